The molecule has 130 valence electrons. The van der Waals surface area contributed by atoms with Crippen LogP contribution in [0.1, 0.15) is 56.1 Å². The molecule has 1 atom stereocenters. The molecule has 0 heterocycles. The van der Waals surface area contributed by atoms with Crippen LogP contribution in [0.25, 0.3) is 0 Å². The average Bonchev–Trinajstić information content (AvgIpc) is 2.54. The highest BCUT2D eigenvalue weighted by molar-refractivity contribution is 5.32. The molecular weight excluding hydrogens is 290 g/mol. The van der Waals surface area contributed by atoms with Gasteiger partial charge in [0.25, 0.3) is 6.47 Å². The fourth-order valence-corrected chi connectivity index (χ4v) is 3.45. The summed E-state index contributed by atoms with van der Waals surface area (Å²) >= 11 is 0. The van der Waals surface area contributed by atoms with E-state index in [0.717, 1.165) is 38.6 Å². The van der Waals surface area contributed by atoms with Crippen molar-refractivity contribution in [2.24, 2.45) is 0 Å². The summed E-state index contributed by atoms with van der Waals surface area (Å²) in [6.45, 7) is 2.85. The van der Waals surface area contributed by atoms with E-state index in [-0.39, 0.29) is 12.4 Å². The molecule has 1 fully saturated rings. The summed E-state index contributed by atoms with van der Waals surface area (Å²) in [5.41, 5.74) is 2.14. The van der Waals surface area contributed by atoms with Gasteiger partial charge in [-0.1, -0.05) is 50.5 Å². The van der Waals surface area contributed by atoms with Crippen LogP contribution in [0.5, 0.6) is 0 Å². The van der Waals surface area contributed by atoms with Crippen molar-refractivity contribution in [1.82, 2.24) is 4.90 Å². The van der Waals surface area contributed by atoms with E-state index in [1.165, 1.54) is 17.5 Å². The monoisotopic (exact) mass is 321 g/mol. The van der Waals surface area contributed by atoms with Gasteiger partial charge in [-0.05, 0) is 44.5 Å². The van der Waals surface area contributed by atoms with Gasteiger partial charge in [-0.2, -0.15) is 0 Å². The Balaban J connectivity index is 0.000000816. The summed E-state index contributed by atoms with van der Waals surface area (Å²) in [6, 6.07) is 8.87. The van der Waals surface area contributed by atoms with Gasteiger partial charge in [-0.3, -0.25) is 4.79 Å². The minimum Gasteiger partial charge on any atom is -0.483 e. The molecule has 2 rings (SSSR count). The summed E-state index contributed by atoms with van der Waals surface area (Å²) in [4.78, 5) is 10.6. The smallest absolute Gasteiger partial charge is 0.290 e. The molecule has 4 heteroatoms. The second-order valence-corrected chi connectivity index (χ2v) is 6.68. The Morgan fingerprint density at radius 1 is 1.17 bits per heavy atom. The second kappa shape index (κ2) is 9.68. The van der Waals surface area contributed by atoms with Gasteiger partial charge < -0.3 is 15.1 Å². The molecule has 4 nitrogen and oxygen atoms in total. The van der Waals surface area contributed by atoms with Crippen molar-refractivity contribution >= 4 is 6.47 Å². The third-order valence-electron chi connectivity index (χ3n) is 4.71. The number of nitrogens with zero attached hydrogens (tertiary/aromatic N) is 1. The lowest BCUT2D eigenvalue weighted by atomic mass is 9.72. The molecule has 0 spiro atoms. The van der Waals surface area contributed by atoms with Crippen LogP contribution in [-0.4, -0.2) is 47.8 Å². The van der Waals surface area contributed by atoms with Crippen molar-refractivity contribution in [3.05, 3.63) is 35.4 Å². The number of rotatable bonds is 5. The summed E-state index contributed by atoms with van der Waals surface area (Å²) in [7, 11) is 4.19. The van der Waals surface area contributed by atoms with E-state index < -0.39 is 5.60 Å². The molecule has 2 N–H and O–H groups in total. The lowest BCUT2D eigenvalue weighted by Crippen LogP contribution is -2.42. The molecule has 1 unspecified atom stereocenters. The predicted octanol–water partition coefficient (Wildman–Crippen LogP) is 3.29. The maximum atomic E-state index is 11.1. The molecule has 1 saturated carbocycles. The summed E-state index contributed by atoms with van der Waals surface area (Å²) in [5, 5.41) is 18.0. The second-order valence-electron chi connectivity index (χ2n) is 6.68. The van der Waals surface area contributed by atoms with Crippen molar-refractivity contribution in [3.8, 4) is 0 Å². The predicted molar refractivity (Wildman–Crippen MR) is 93.8 cm³/mol. The molecule has 1 aliphatic carbocycles. The average molecular weight is 321 g/mol. The van der Waals surface area contributed by atoms with E-state index in [1.807, 2.05) is 0 Å². The highest BCUT2D eigenvalue weighted by atomic mass is 16.3. The number of carboxylic acid groups (broad SMARTS) is 1. The zero-order chi connectivity index (χ0) is 17.3. The molecule has 0 amide bonds. The van der Waals surface area contributed by atoms with Gasteiger partial charge >= 0.3 is 0 Å². The normalized spacial score (nSPS) is 18.0. The lowest BCUT2D eigenvalue weighted by molar-refractivity contribution is -0.122. The number of hydrogen-bond acceptors (Lipinski definition) is 3. The molecule has 1 aromatic carbocycles. The zero-order valence-corrected chi connectivity index (χ0v) is 14.7. The quantitative estimate of drug-likeness (QED) is 0.817. The highest BCUT2D eigenvalue weighted by Gasteiger charge is 2.38. The fraction of sp³-hybridized carbons (Fsp3) is 0.632. The Kier molecular flexibility index (Phi) is 8.28. The largest absolute Gasteiger partial charge is 0.483 e. The van der Waals surface area contributed by atoms with Crippen LogP contribution in [0.4, 0.5) is 0 Å². The van der Waals surface area contributed by atoms with Gasteiger partial charge in [0.05, 0.1) is 5.60 Å². The Morgan fingerprint density at radius 2 is 1.70 bits per heavy atom. The first-order chi connectivity index (χ1) is 11.0. The Hall–Kier alpha value is -1.39. The van der Waals surface area contributed by atoms with Crippen LogP contribution < -0.4 is 0 Å². The Bertz CT molecular complexity index is 450. The standard InChI is InChI=1S/C18H29NO.CH2O2/c1-4-15-8-10-16(11-9-15)17(14-19(2)3)18(20)12-6-5-7-13-18;2-1-3/h8-11,17,20H,4-7,12-14H2,1-3H3;1H,(H,2,3). The van der Waals surface area contributed by atoms with Crippen LogP contribution in [0.15, 0.2) is 24.3 Å². The van der Waals surface area contributed by atoms with Gasteiger partial charge in [0.1, 0.15) is 0 Å². The zero-order valence-electron chi connectivity index (χ0n) is 14.7. The van der Waals surface area contributed by atoms with E-state index in [9.17, 15) is 5.11 Å². The molecule has 1 aromatic rings. The first-order valence-corrected chi connectivity index (χ1v) is 8.50. The van der Waals surface area contributed by atoms with Crippen LogP contribution >= 0.6 is 0 Å². The highest BCUT2D eigenvalue weighted by Crippen LogP contribution is 2.40. The molecular formula is C19H31NO3. The minimum atomic E-state index is -0.518. The van der Waals surface area contributed by atoms with E-state index in [1.54, 1.807) is 0 Å². The summed E-state index contributed by atoms with van der Waals surface area (Å²) < 4.78 is 0. The lowest BCUT2D eigenvalue weighted by Gasteiger charge is -2.41. The van der Waals surface area contributed by atoms with E-state index >= 15 is 0 Å². The van der Waals surface area contributed by atoms with Crippen molar-refractivity contribution in [2.75, 3.05) is 20.6 Å². The number of likely N-dealkylation sites (N-methyl/N-ethyl adjacent to an activating group) is 1. The number of hydrogen-bond donors (Lipinski definition) is 2. The summed E-state index contributed by atoms with van der Waals surface area (Å²) in [6.07, 6.45) is 6.55. The number of carbonyl (C=O) groups is 1. The van der Waals surface area contributed by atoms with Gasteiger partial charge in [0.15, 0.2) is 0 Å². The topological polar surface area (TPSA) is 60.8 Å². The van der Waals surface area contributed by atoms with Crippen molar-refractivity contribution < 1.29 is 15.0 Å². The van der Waals surface area contributed by atoms with E-state index in [4.69, 9.17) is 9.90 Å². The van der Waals surface area contributed by atoms with Gasteiger partial charge in [-0.25, -0.2) is 0 Å². The number of benzene rings is 1. The third-order valence-corrected chi connectivity index (χ3v) is 4.71. The SMILES string of the molecule is CCc1ccc(C(CN(C)C)C2(O)CCCCC2)cc1.O=CO. The van der Waals surface area contributed by atoms with Crippen LogP contribution in [0.3, 0.4) is 0 Å². The molecule has 0 aliphatic heterocycles. The molecule has 0 aromatic heterocycles. The minimum absolute atomic E-state index is 0.226. The summed E-state index contributed by atoms with van der Waals surface area (Å²) in [5.74, 6) is 0.226. The van der Waals surface area contributed by atoms with Crippen LogP contribution in [-0.2, 0) is 11.2 Å². The van der Waals surface area contributed by atoms with Crippen molar-refractivity contribution in [2.45, 2.75) is 57.0 Å². The maximum Gasteiger partial charge on any atom is 0.290 e. The molecule has 0 saturated heterocycles. The van der Waals surface area contributed by atoms with Crippen molar-refractivity contribution in [1.29, 1.82) is 0 Å². The van der Waals surface area contributed by atoms with Gasteiger partial charge in [0.2, 0.25) is 0 Å². The van der Waals surface area contributed by atoms with E-state index in [0.29, 0.717) is 0 Å². The van der Waals surface area contributed by atoms with Gasteiger partial charge in [0, 0.05) is 12.5 Å². The maximum absolute atomic E-state index is 11.1. The Morgan fingerprint density at radius 3 is 2.13 bits per heavy atom. The number of aryl methyl sites for hydroxylation is 1. The van der Waals surface area contributed by atoms with Gasteiger partial charge in [-0.15, -0.1) is 0 Å². The van der Waals surface area contributed by atoms with Crippen LogP contribution in [0, 0.1) is 0 Å². The molecule has 1 aliphatic rings. The third kappa shape index (κ3) is 5.96. The Labute approximate surface area is 140 Å². The first kappa shape index (κ1) is 19.7. The molecule has 0 bridgehead atoms. The molecule has 23 heavy (non-hydrogen) atoms. The van der Waals surface area contributed by atoms with E-state index in [2.05, 4.69) is 50.2 Å². The van der Waals surface area contributed by atoms with Crippen LogP contribution in [0.2, 0.25) is 0 Å². The fourth-order valence-electron chi connectivity index (χ4n) is 3.45. The molecule has 0 radical (unpaired) electrons. The number of aliphatic hydroxyl groups is 1. The first-order valence-electron chi connectivity index (χ1n) is 8.50. The van der Waals surface area contributed by atoms with Crippen molar-refractivity contribution in [3.63, 3.8) is 0 Å².